The molecule has 0 spiro atoms. The summed E-state index contributed by atoms with van der Waals surface area (Å²) in [6, 6.07) is 0. The quantitative estimate of drug-likeness (QED) is 0.480. The summed E-state index contributed by atoms with van der Waals surface area (Å²) < 4.78 is 10.4. The molecular weight excluding hydrogens is 284 g/mol. The minimum atomic E-state index is -0.609. The molecule has 1 aliphatic carbocycles. The summed E-state index contributed by atoms with van der Waals surface area (Å²) in [4.78, 5) is 22.8. The Morgan fingerprint density at radius 2 is 2.27 bits per heavy atom. The van der Waals surface area contributed by atoms with Crippen LogP contribution in [0.5, 0.6) is 0 Å². The molecule has 0 amide bonds. The molecule has 5 nitrogen and oxygen atoms in total. The van der Waals surface area contributed by atoms with E-state index in [1.165, 1.54) is 6.92 Å². The molecule has 5 heteroatoms. The average Bonchev–Trinajstić information content (AvgIpc) is 2.71. The summed E-state index contributed by atoms with van der Waals surface area (Å²) >= 11 is 0. The van der Waals surface area contributed by atoms with Gasteiger partial charge in [-0.1, -0.05) is 12.7 Å². The third-order valence-corrected chi connectivity index (χ3v) is 4.14. The van der Waals surface area contributed by atoms with Crippen LogP contribution in [0.3, 0.4) is 0 Å². The predicted octanol–water partition coefficient (Wildman–Crippen LogP) is 2.06. The van der Waals surface area contributed by atoms with Crippen molar-refractivity contribution in [2.45, 2.75) is 45.3 Å². The average molecular weight is 306 g/mol. The Labute approximate surface area is 130 Å². The first-order chi connectivity index (χ1) is 10.4. The highest BCUT2D eigenvalue weighted by Crippen LogP contribution is 2.34. The van der Waals surface area contributed by atoms with Crippen molar-refractivity contribution in [1.29, 1.82) is 0 Å². The second-order valence-electron chi connectivity index (χ2n) is 5.85. The molecule has 1 fully saturated rings. The lowest BCUT2D eigenvalue weighted by atomic mass is 9.86. The molecule has 1 N–H and O–H groups in total. The van der Waals surface area contributed by atoms with Gasteiger partial charge in [-0.15, -0.1) is 0 Å². The van der Waals surface area contributed by atoms with E-state index in [2.05, 4.69) is 6.58 Å². The van der Waals surface area contributed by atoms with Crippen molar-refractivity contribution < 1.29 is 24.2 Å². The van der Waals surface area contributed by atoms with Crippen molar-refractivity contribution in [3.8, 4) is 0 Å². The summed E-state index contributed by atoms with van der Waals surface area (Å²) in [5, 5.41) is 10.2. The first-order valence-electron chi connectivity index (χ1n) is 7.46. The molecule has 0 radical (unpaired) electrons. The molecule has 0 aromatic carbocycles. The number of aliphatic hydroxyl groups is 1. The zero-order valence-corrected chi connectivity index (χ0v) is 13.0. The van der Waals surface area contributed by atoms with Gasteiger partial charge >= 0.3 is 11.9 Å². The van der Waals surface area contributed by atoms with Crippen molar-refractivity contribution in [3.63, 3.8) is 0 Å². The molecule has 0 bridgehead atoms. The van der Waals surface area contributed by atoms with Crippen molar-refractivity contribution >= 4 is 11.9 Å². The summed E-state index contributed by atoms with van der Waals surface area (Å²) in [6.45, 7) is 7.21. The predicted molar refractivity (Wildman–Crippen MR) is 80.8 cm³/mol. The number of fused-ring (bicyclic) bond motifs is 1. The van der Waals surface area contributed by atoms with Gasteiger partial charge in [0.15, 0.2) is 0 Å². The van der Waals surface area contributed by atoms with Gasteiger partial charge in [-0.25, -0.2) is 4.79 Å². The van der Waals surface area contributed by atoms with Gasteiger partial charge in [0.25, 0.3) is 0 Å². The van der Waals surface area contributed by atoms with Crippen molar-refractivity contribution in [3.05, 3.63) is 35.5 Å². The van der Waals surface area contributed by atoms with Crippen LogP contribution in [0.2, 0.25) is 0 Å². The van der Waals surface area contributed by atoms with Gasteiger partial charge in [0.2, 0.25) is 0 Å². The Bertz CT molecular complexity index is 543. The van der Waals surface area contributed by atoms with E-state index in [-0.39, 0.29) is 18.5 Å². The topological polar surface area (TPSA) is 72.8 Å². The summed E-state index contributed by atoms with van der Waals surface area (Å²) in [5.74, 6) is -1.02. The van der Waals surface area contributed by atoms with E-state index in [0.29, 0.717) is 18.4 Å². The van der Waals surface area contributed by atoms with Gasteiger partial charge in [0, 0.05) is 18.4 Å². The lowest BCUT2D eigenvalue weighted by molar-refractivity contribution is -0.140. The van der Waals surface area contributed by atoms with Crippen LogP contribution >= 0.6 is 0 Å². The molecule has 0 aromatic heterocycles. The molecule has 1 heterocycles. The smallest absolute Gasteiger partial charge is 0.334 e. The maximum Gasteiger partial charge on any atom is 0.334 e. The highest BCUT2D eigenvalue weighted by Gasteiger charge is 2.39. The van der Waals surface area contributed by atoms with E-state index in [9.17, 15) is 14.7 Å². The standard InChI is InChI=1S/C17H22O5/c1-10-5-4-6-13(9-21-12(3)18)7-16-14(8-15(10)19)11(2)17(20)22-16/h5,7,14-16,19H,2,4,6,8-9H2,1,3H3/b10-5+,13-7-/t14-,15-,16+/m0/s1. The molecule has 2 aliphatic rings. The maximum atomic E-state index is 11.8. The number of hydrogen-bond donors (Lipinski definition) is 1. The zero-order chi connectivity index (χ0) is 16.3. The largest absolute Gasteiger partial charge is 0.461 e. The van der Waals surface area contributed by atoms with E-state index in [1.807, 2.05) is 19.1 Å². The molecule has 3 atom stereocenters. The van der Waals surface area contributed by atoms with Gasteiger partial charge in [-0.3, -0.25) is 4.79 Å². The number of rotatable bonds is 2. The summed E-state index contributed by atoms with van der Waals surface area (Å²) in [7, 11) is 0. The molecular formula is C17H22O5. The highest BCUT2D eigenvalue weighted by molar-refractivity contribution is 5.91. The fourth-order valence-electron chi connectivity index (χ4n) is 2.74. The van der Waals surface area contributed by atoms with E-state index < -0.39 is 18.2 Å². The number of hydrogen-bond acceptors (Lipinski definition) is 5. The first-order valence-corrected chi connectivity index (χ1v) is 7.46. The van der Waals surface area contributed by atoms with Crippen LogP contribution in [0.15, 0.2) is 35.5 Å². The Kier molecular flexibility index (Phi) is 5.19. The zero-order valence-electron chi connectivity index (χ0n) is 13.0. The monoisotopic (exact) mass is 306 g/mol. The summed E-state index contributed by atoms with van der Waals surface area (Å²) in [5.41, 5.74) is 2.17. The van der Waals surface area contributed by atoms with E-state index in [0.717, 1.165) is 17.6 Å². The van der Waals surface area contributed by atoms with Crippen molar-refractivity contribution in [2.75, 3.05) is 6.61 Å². The number of carbonyl (C=O) groups is 2. The van der Waals surface area contributed by atoms with E-state index in [4.69, 9.17) is 9.47 Å². The van der Waals surface area contributed by atoms with Gasteiger partial charge in [-0.2, -0.15) is 0 Å². The molecule has 0 aromatic rings. The molecule has 22 heavy (non-hydrogen) atoms. The Balaban J connectivity index is 2.26. The first kappa shape index (κ1) is 16.5. The molecule has 120 valence electrons. The summed E-state index contributed by atoms with van der Waals surface area (Å²) in [6.07, 6.45) is 4.58. The number of ether oxygens (including phenoxy) is 2. The Morgan fingerprint density at radius 1 is 1.55 bits per heavy atom. The Morgan fingerprint density at radius 3 is 2.95 bits per heavy atom. The van der Waals surface area contributed by atoms with Crippen LogP contribution in [-0.2, 0) is 19.1 Å². The van der Waals surface area contributed by atoms with Gasteiger partial charge in [-0.05, 0) is 43.4 Å². The van der Waals surface area contributed by atoms with Crippen LogP contribution in [-0.4, -0.2) is 35.9 Å². The number of aliphatic hydroxyl groups excluding tert-OH is 1. The number of allylic oxidation sites excluding steroid dienone is 1. The van der Waals surface area contributed by atoms with Gasteiger partial charge < -0.3 is 14.6 Å². The molecule has 1 saturated heterocycles. The van der Waals surface area contributed by atoms with Crippen LogP contribution in [0, 0.1) is 5.92 Å². The van der Waals surface area contributed by atoms with Crippen LogP contribution in [0.4, 0.5) is 0 Å². The molecule has 2 rings (SSSR count). The van der Waals surface area contributed by atoms with Crippen LogP contribution < -0.4 is 0 Å². The minimum absolute atomic E-state index is 0.192. The van der Waals surface area contributed by atoms with Gasteiger partial charge in [0.1, 0.15) is 12.7 Å². The third kappa shape index (κ3) is 3.85. The lowest BCUT2D eigenvalue weighted by Gasteiger charge is -2.21. The van der Waals surface area contributed by atoms with Gasteiger partial charge in [0.05, 0.1) is 6.10 Å². The number of esters is 2. The molecule has 0 saturated carbocycles. The minimum Gasteiger partial charge on any atom is -0.461 e. The fourth-order valence-corrected chi connectivity index (χ4v) is 2.74. The maximum absolute atomic E-state index is 11.8. The Hall–Kier alpha value is -1.88. The van der Waals surface area contributed by atoms with Crippen molar-refractivity contribution in [1.82, 2.24) is 0 Å². The van der Waals surface area contributed by atoms with Crippen LogP contribution in [0.25, 0.3) is 0 Å². The van der Waals surface area contributed by atoms with E-state index in [1.54, 1.807) is 0 Å². The molecule has 0 unspecified atom stereocenters. The number of carbonyl (C=O) groups excluding carboxylic acids is 2. The normalized spacial score (nSPS) is 33.9. The highest BCUT2D eigenvalue weighted by atomic mass is 16.6. The fraction of sp³-hybridized carbons (Fsp3) is 0.529. The third-order valence-electron chi connectivity index (χ3n) is 4.14. The van der Waals surface area contributed by atoms with Crippen molar-refractivity contribution in [2.24, 2.45) is 5.92 Å². The second-order valence-corrected chi connectivity index (χ2v) is 5.85. The van der Waals surface area contributed by atoms with E-state index >= 15 is 0 Å². The van der Waals surface area contributed by atoms with Crippen LogP contribution in [0.1, 0.15) is 33.1 Å². The lowest BCUT2D eigenvalue weighted by Crippen LogP contribution is -2.23. The molecule has 1 aliphatic heterocycles. The SMILES string of the molecule is C=C1C(=O)O[C@@H]2/C=C(\COC(C)=O)CC/C=C(\C)[C@@H](O)C[C@@H]12. The second kappa shape index (κ2) is 6.92.